The van der Waals surface area contributed by atoms with Gasteiger partial charge >= 0.3 is 0 Å². The molecule has 1 saturated heterocycles. The number of aryl methyl sites for hydroxylation is 2. The van der Waals surface area contributed by atoms with Gasteiger partial charge in [0, 0.05) is 24.7 Å². The first-order valence-corrected chi connectivity index (χ1v) is 8.18. The van der Waals surface area contributed by atoms with Crippen LogP contribution in [0, 0.1) is 19.8 Å². The van der Waals surface area contributed by atoms with Crippen LogP contribution in [-0.4, -0.2) is 51.9 Å². The lowest BCUT2D eigenvalue weighted by molar-refractivity contribution is -0.132. The molecule has 1 aliphatic heterocycles. The minimum atomic E-state index is -0.524. The van der Waals surface area contributed by atoms with Gasteiger partial charge in [0.05, 0.1) is 11.8 Å². The topological polar surface area (TPSA) is 78.5 Å². The Labute approximate surface area is 141 Å². The average molecular weight is 329 g/mol. The maximum absolute atomic E-state index is 12.3. The molecule has 0 bridgehead atoms. The van der Waals surface area contributed by atoms with Gasteiger partial charge in [-0.05, 0) is 38.0 Å². The smallest absolute Gasteiger partial charge is 0.260 e. The third-order valence-electron chi connectivity index (χ3n) is 4.43. The van der Waals surface area contributed by atoms with Crippen LogP contribution in [0.25, 0.3) is 0 Å². The van der Waals surface area contributed by atoms with Crippen LogP contribution in [0.1, 0.15) is 17.0 Å². The van der Waals surface area contributed by atoms with E-state index < -0.39 is 6.10 Å². The minimum absolute atomic E-state index is 0.00813. The number of aromatic amines is 1. The fourth-order valence-electron chi connectivity index (χ4n) is 3.06. The van der Waals surface area contributed by atoms with E-state index in [1.54, 1.807) is 4.90 Å². The summed E-state index contributed by atoms with van der Waals surface area (Å²) >= 11 is 0. The quantitative estimate of drug-likeness (QED) is 0.871. The average Bonchev–Trinajstić information content (AvgIpc) is 3.13. The minimum Gasteiger partial charge on any atom is -0.484 e. The molecule has 1 fully saturated rings. The van der Waals surface area contributed by atoms with Crippen molar-refractivity contribution in [2.75, 3.05) is 19.7 Å². The molecule has 0 radical (unpaired) electrons. The Balaban J connectivity index is 1.54. The van der Waals surface area contributed by atoms with E-state index in [9.17, 15) is 9.90 Å². The van der Waals surface area contributed by atoms with E-state index in [0.29, 0.717) is 25.3 Å². The molecule has 2 N–H and O–H groups in total. The zero-order valence-electron chi connectivity index (χ0n) is 14.0. The molecule has 1 amide bonds. The van der Waals surface area contributed by atoms with Gasteiger partial charge in [-0.25, -0.2) is 0 Å². The Kier molecular flexibility index (Phi) is 4.85. The number of β-amino-alcohol motifs (C(OH)–C–C–N with tert-alkyl or cyclic N) is 1. The zero-order valence-corrected chi connectivity index (χ0v) is 14.0. The number of nitrogens with zero attached hydrogens (tertiary/aromatic N) is 2. The molecule has 6 heteroatoms. The Morgan fingerprint density at radius 1 is 1.38 bits per heavy atom. The van der Waals surface area contributed by atoms with Crippen LogP contribution in [0.5, 0.6) is 5.75 Å². The maximum Gasteiger partial charge on any atom is 0.260 e. The van der Waals surface area contributed by atoms with Gasteiger partial charge in [-0.2, -0.15) is 5.10 Å². The number of para-hydroxylation sites is 1. The highest BCUT2D eigenvalue weighted by Crippen LogP contribution is 2.22. The number of rotatable bonds is 5. The lowest BCUT2D eigenvalue weighted by atomic mass is 10.0. The third-order valence-corrected chi connectivity index (χ3v) is 4.43. The van der Waals surface area contributed by atoms with Crippen molar-refractivity contribution in [1.29, 1.82) is 0 Å². The molecule has 0 aliphatic carbocycles. The molecular weight excluding hydrogens is 306 g/mol. The maximum atomic E-state index is 12.3. The molecule has 3 rings (SSSR count). The molecule has 128 valence electrons. The van der Waals surface area contributed by atoms with Gasteiger partial charge in [-0.1, -0.05) is 18.2 Å². The number of ether oxygens (including phenoxy) is 1. The van der Waals surface area contributed by atoms with Gasteiger partial charge in [0.2, 0.25) is 0 Å². The molecular formula is C18H23N3O3. The molecule has 0 saturated carbocycles. The molecule has 1 aromatic carbocycles. The predicted octanol–water partition coefficient (Wildman–Crippen LogP) is 1.47. The lowest BCUT2D eigenvalue weighted by Crippen LogP contribution is -2.33. The molecule has 2 aromatic rings. The molecule has 1 aliphatic rings. The van der Waals surface area contributed by atoms with Crippen molar-refractivity contribution in [2.24, 2.45) is 5.92 Å². The first-order valence-electron chi connectivity index (χ1n) is 8.18. The number of benzene rings is 1. The van der Waals surface area contributed by atoms with Crippen LogP contribution < -0.4 is 4.74 Å². The van der Waals surface area contributed by atoms with E-state index in [2.05, 4.69) is 10.2 Å². The van der Waals surface area contributed by atoms with E-state index in [4.69, 9.17) is 4.74 Å². The Hall–Kier alpha value is -2.34. The lowest BCUT2D eigenvalue weighted by Gasteiger charge is -2.17. The van der Waals surface area contributed by atoms with Crippen molar-refractivity contribution in [3.8, 4) is 5.75 Å². The fraction of sp³-hybridized carbons (Fsp3) is 0.444. The predicted molar refractivity (Wildman–Crippen MR) is 89.8 cm³/mol. The summed E-state index contributed by atoms with van der Waals surface area (Å²) in [7, 11) is 0. The first-order chi connectivity index (χ1) is 11.5. The summed E-state index contributed by atoms with van der Waals surface area (Å²) < 4.78 is 5.61. The fourth-order valence-corrected chi connectivity index (χ4v) is 3.06. The highest BCUT2D eigenvalue weighted by Gasteiger charge is 2.34. The Morgan fingerprint density at radius 3 is 2.88 bits per heavy atom. The number of aromatic nitrogens is 2. The van der Waals surface area contributed by atoms with E-state index in [1.165, 1.54) is 0 Å². The van der Waals surface area contributed by atoms with Crippen LogP contribution in [0.2, 0.25) is 0 Å². The summed E-state index contributed by atoms with van der Waals surface area (Å²) in [5.74, 6) is 0.627. The number of hydrogen-bond acceptors (Lipinski definition) is 4. The normalized spacial score (nSPS) is 20.4. The number of aliphatic hydroxyl groups excluding tert-OH is 1. The van der Waals surface area contributed by atoms with Crippen molar-refractivity contribution in [3.63, 3.8) is 0 Å². The summed E-state index contributed by atoms with van der Waals surface area (Å²) in [4.78, 5) is 14.0. The summed E-state index contributed by atoms with van der Waals surface area (Å²) in [5, 5.41) is 17.3. The summed E-state index contributed by atoms with van der Waals surface area (Å²) in [6.07, 6.45) is 0.137. The van der Waals surface area contributed by atoms with Gasteiger partial charge < -0.3 is 14.7 Å². The van der Waals surface area contributed by atoms with Crippen LogP contribution in [0.3, 0.4) is 0 Å². The van der Waals surface area contributed by atoms with Crippen LogP contribution in [0.4, 0.5) is 0 Å². The van der Waals surface area contributed by atoms with Gasteiger partial charge in [0.1, 0.15) is 5.75 Å². The number of likely N-dealkylation sites (tertiary alicyclic amines) is 1. The Morgan fingerprint density at radius 2 is 2.17 bits per heavy atom. The number of aliphatic hydroxyl groups is 1. The summed E-state index contributed by atoms with van der Waals surface area (Å²) in [6, 6.07) is 9.58. The van der Waals surface area contributed by atoms with Crippen molar-refractivity contribution >= 4 is 5.91 Å². The second kappa shape index (κ2) is 7.05. The Bertz CT molecular complexity index is 713. The number of H-pyrrole nitrogens is 1. The molecule has 0 unspecified atom stereocenters. The summed E-state index contributed by atoms with van der Waals surface area (Å²) in [5.41, 5.74) is 2.91. The van der Waals surface area contributed by atoms with Crippen LogP contribution in [0.15, 0.2) is 30.3 Å². The molecule has 24 heavy (non-hydrogen) atoms. The third kappa shape index (κ3) is 3.76. The van der Waals surface area contributed by atoms with E-state index >= 15 is 0 Å². The van der Waals surface area contributed by atoms with Crippen LogP contribution >= 0.6 is 0 Å². The van der Waals surface area contributed by atoms with E-state index in [1.807, 2.05) is 44.2 Å². The molecule has 0 spiro atoms. The SMILES string of the molecule is Cc1cc(C[C@@H]2CN(C(=O)COc3ccccc3C)C[C@H]2O)n[nH]1. The van der Waals surface area contributed by atoms with Crippen molar-refractivity contribution in [1.82, 2.24) is 15.1 Å². The molecule has 2 atom stereocenters. The van der Waals surface area contributed by atoms with Gasteiger partial charge in [-0.3, -0.25) is 9.89 Å². The second-order valence-electron chi connectivity index (χ2n) is 6.43. The molecule has 1 aromatic heterocycles. The standard InChI is InChI=1S/C18H23N3O3/c1-12-5-3-4-6-17(12)24-11-18(23)21-9-14(16(22)10-21)8-15-7-13(2)19-20-15/h3-7,14,16,22H,8-11H2,1-2H3,(H,19,20)/t14-,16-/m1/s1. The number of carbonyl (C=O) groups excluding carboxylic acids is 1. The van der Waals surface area contributed by atoms with Crippen molar-refractivity contribution in [3.05, 3.63) is 47.3 Å². The number of hydrogen-bond donors (Lipinski definition) is 2. The van der Waals surface area contributed by atoms with E-state index in [-0.39, 0.29) is 18.4 Å². The largest absolute Gasteiger partial charge is 0.484 e. The van der Waals surface area contributed by atoms with Crippen molar-refractivity contribution < 1.29 is 14.6 Å². The highest BCUT2D eigenvalue weighted by atomic mass is 16.5. The summed E-state index contributed by atoms with van der Waals surface area (Å²) in [6.45, 7) is 4.76. The van der Waals surface area contributed by atoms with Crippen LogP contribution in [-0.2, 0) is 11.2 Å². The molecule has 2 heterocycles. The van der Waals surface area contributed by atoms with Gasteiger partial charge in [0.25, 0.3) is 5.91 Å². The zero-order chi connectivity index (χ0) is 17.1. The number of carbonyl (C=O) groups is 1. The number of nitrogens with one attached hydrogen (secondary N) is 1. The van der Waals surface area contributed by atoms with Gasteiger partial charge in [0.15, 0.2) is 6.61 Å². The monoisotopic (exact) mass is 329 g/mol. The second-order valence-corrected chi connectivity index (χ2v) is 6.43. The van der Waals surface area contributed by atoms with Gasteiger partial charge in [-0.15, -0.1) is 0 Å². The first kappa shape index (κ1) is 16.5. The molecule has 6 nitrogen and oxygen atoms in total. The number of amides is 1. The van der Waals surface area contributed by atoms with E-state index in [0.717, 1.165) is 17.0 Å². The van der Waals surface area contributed by atoms with Crippen molar-refractivity contribution in [2.45, 2.75) is 26.4 Å². The highest BCUT2D eigenvalue weighted by molar-refractivity contribution is 5.78.